The summed E-state index contributed by atoms with van der Waals surface area (Å²) in [5.41, 5.74) is 3.52. The average Bonchev–Trinajstić information content (AvgIpc) is 2.41. The summed E-state index contributed by atoms with van der Waals surface area (Å²) in [6.07, 6.45) is 0. The van der Waals surface area contributed by atoms with E-state index in [0.717, 1.165) is 11.2 Å². The van der Waals surface area contributed by atoms with Gasteiger partial charge in [0.25, 0.3) is 0 Å². The van der Waals surface area contributed by atoms with Gasteiger partial charge in [0.2, 0.25) is 0 Å². The van der Waals surface area contributed by atoms with Crippen LogP contribution in [0.1, 0.15) is 11.3 Å². The maximum absolute atomic E-state index is 4.19. The number of aromatic amines is 1. The van der Waals surface area contributed by atoms with Gasteiger partial charge in [0.05, 0.1) is 5.52 Å². The largest absolute Gasteiger partial charge is 0.282 e. The molecule has 1 N–H and O–H groups in total. The van der Waals surface area contributed by atoms with E-state index in [1.807, 2.05) is 0 Å². The van der Waals surface area contributed by atoms with Gasteiger partial charge >= 0.3 is 0 Å². The van der Waals surface area contributed by atoms with Crippen LogP contribution < -0.4 is 0 Å². The fourth-order valence-electron chi connectivity index (χ4n) is 1.32. The van der Waals surface area contributed by atoms with Crippen molar-refractivity contribution in [3.05, 3.63) is 27.0 Å². The first-order valence-corrected chi connectivity index (χ1v) is 4.88. The molecule has 0 aliphatic carbocycles. The highest BCUT2D eigenvalue weighted by atomic mass is 127. The van der Waals surface area contributed by atoms with Gasteiger partial charge in [-0.15, -0.1) is 0 Å². The molecule has 2 aromatic rings. The van der Waals surface area contributed by atoms with Crippen molar-refractivity contribution in [2.75, 3.05) is 0 Å². The number of halogens is 1. The second-order valence-corrected chi connectivity index (χ2v) is 4.02. The van der Waals surface area contributed by atoms with Crippen LogP contribution in [0.5, 0.6) is 0 Å². The monoisotopic (exact) mass is 272 g/mol. The smallest absolute Gasteiger partial charge is 0.0934 e. The van der Waals surface area contributed by atoms with Crippen LogP contribution in [0.4, 0.5) is 0 Å². The minimum Gasteiger partial charge on any atom is -0.282 e. The fraction of sp³-hybridized carbons (Fsp3) is 0.222. The summed E-state index contributed by atoms with van der Waals surface area (Å²) < 4.78 is 1.30. The van der Waals surface area contributed by atoms with Gasteiger partial charge in [-0.2, -0.15) is 5.10 Å². The summed E-state index contributed by atoms with van der Waals surface area (Å²) in [5.74, 6) is 0. The molecule has 0 fully saturated rings. The number of hydrogen-bond donors (Lipinski definition) is 1. The molecule has 0 spiro atoms. The van der Waals surface area contributed by atoms with Gasteiger partial charge < -0.3 is 0 Å². The molecular weight excluding hydrogens is 263 g/mol. The third-order valence-corrected chi connectivity index (χ3v) is 3.42. The van der Waals surface area contributed by atoms with Crippen LogP contribution in [0.3, 0.4) is 0 Å². The van der Waals surface area contributed by atoms with Crippen LogP contribution >= 0.6 is 22.6 Å². The lowest BCUT2D eigenvalue weighted by Gasteiger charge is -1.98. The molecule has 0 amide bonds. The number of hydrogen-bond acceptors (Lipinski definition) is 1. The standard InChI is InChI=1S/C9H9IN2/c1-5-3-4-7-8(9(5)10)6(2)11-12-7/h3-4H,1-2H3,(H,11,12). The SMILES string of the molecule is Cc1ccc2n[nH]c(C)c2c1I. The van der Waals surface area contributed by atoms with E-state index in [9.17, 15) is 0 Å². The number of rotatable bonds is 0. The zero-order chi connectivity index (χ0) is 8.72. The normalized spacial score (nSPS) is 10.9. The number of nitrogens with zero attached hydrogens (tertiary/aromatic N) is 1. The molecule has 0 saturated carbocycles. The van der Waals surface area contributed by atoms with E-state index >= 15 is 0 Å². The Hall–Kier alpha value is -0.580. The molecule has 1 aromatic carbocycles. The minimum atomic E-state index is 1.06. The van der Waals surface area contributed by atoms with Crippen LogP contribution in [0, 0.1) is 17.4 Å². The van der Waals surface area contributed by atoms with Crippen molar-refractivity contribution in [1.29, 1.82) is 0 Å². The number of benzene rings is 1. The Morgan fingerprint density at radius 3 is 2.83 bits per heavy atom. The lowest BCUT2D eigenvalue weighted by molar-refractivity contribution is 1.07. The third-order valence-electron chi connectivity index (χ3n) is 2.03. The van der Waals surface area contributed by atoms with Gasteiger partial charge in [0.1, 0.15) is 0 Å². The van der Waals surface area contributed by atoms with Crippen LogP contribution in [0.15, 0.2) is 12.1 Å². The second kappa shape index (κ2) is 2.73. The first-order chi connectivity index (χ1) is 5.70. The third kappa shape index (κ3) is 1.03. The van der Waals surface area contributed by atoms with Crippen molar-refractivity contribution in [2.45, 2.75) is 13.8 Å². The summed E-state index contributed by atoms with van der Waals surface area (Å²) in [7, 11) is 0. The molecule has 62 valence electrons. The van der Waals surface area contributed by atoms with Crippen molar-refractivity contribution in [1.82, 2.24) is 10.2 Å². The van der Waals surface area contributed by atoms with Gasteiger partial charge in [-0.1, -0.05) is 6.07 Å². The highest BCUT2D eigenvalue weighted by Crippen LogP contribution is 2.24. The average molecular weight is 272 g/mol. The van der Waals surface area contributed by atoms with Crippen molar-refractivity contribution in [3.8, 4) is 0 Å². The van der Waals surface area contributed by atoms with Crippen LogP contribution in [0.25, 0.3) is 10.9 Å². The van der Waals surface area contributed by atoms with E-state index in [4.69, 9.17) is 0 Å². The Bertz CT molecular complexity index is 431. The van der Waals surface area contributed by atoms with E-state index in [2.05, 4.69) is 58.8 Å². The molecule has 0 aliphatic heterocycles. The lowest BCUT2D eigenvalue weighted by Crippen LogP contribution is -1.81. The molecule has 0 radical (unpaired) electrons. The minimum absolute atomic E-state index is 1.06. The van der Waals surface area contributed by atoms with E-state index < -0.39 is 0 Å². The van der Waals surface area contributed by atoms with Crippen molar-refractivity contribution in [3.63, 3.8) is 0 Å². The first kappa shape index (κ1) is 8.04. The Kier molecular flexibility index (Phi) is 1.83. The Morgan fingerprint density at radius 1 is 1.33 bits per heavy atom. The molecule has 0 bridgehead atoms. The predicted octanol–water partition coefficient (Wildman–Crippen LogP) is 2.78. The van der Waals surface area contributed by atoms with Crippen LogP contribution in [-0.2, 0) is 0 Å². The molecule has 3 heteroatoms. The zero-order valence-electron chi connectivity index (χ0n) is 6.98. The summed E-state index contributed by atoms with van der Waals surface area (Å²) in [6, 6.07) is 4.15. The Balaban J connectivity index is 2.96. The highest BCUT2D eigenvalue weighted by molar-refractivity contribution is 14.1. The van der Waals surface area contributed by atoms with Gasteiger partial charge in [-0.05, 0) is 48.1 Å². The van der Waals surface area contributed by atoms with Gasteiger partial charge in [-0.25, -0.2) is 0 Å². The summed E-state index contributed by atoms with van der Waals surface area (Å²) in [4.78, 5) is 0. The van der Waals surface area contributed by atoms with Gasteiger partial charge in [-0.3, -0.25) is 5.10 Å². The maximum Gasteiger partial charge on any atom is 0.0934 e. The predicted molar refractivity (Wildman–Crippen MR) is 58.3 cm³/mol. The molecule has 0 unspecified atom stereocenters. The second-order valence-electron chi connectivity index (χ2n) is 2.94. The number of fused-ring (bicyclic) bond motifs is 1. The molecule has 2 nitrogen and oxygen atoms in total. The first-order valence-electron chi connectivity index (χ1n) is 3.80. The molecular formula is C9H9IN2. The van der Waals surface area contributed by atoms with E-state index in [1.165, 1.54) is 14.5 Å². The molecule has 0 aliphatic rings. The molecule has 0 atom stereocenters. The Labute approximate surface area is 84.5 Å². The molecule has 1 aromatic heterocycles. The molecule has 12 heavy (non-hydrogen) atoms. The number of H-pyrrole nitrogens is 1. The quantitative estimate of drug-likeness (QED) is 0.734. The summed E-state index contributed by atoms with van der Waals surface area (Å²) >= 11 is 2.36. The number of aryl methyl sites for hydroxylation is 2. The lowest BCUT2D eigenvalue weighted by atomic mass is 10.1. The molecule has 1 heterocycles. The van der Waals surface area contributed by atoms with Crippen molar-refractivity contribution >= 4 is 33.5 Å². The number of nitrogens with one attached hydrogen (secondary N) is 1. The zero-order valence-corrected chi connectivity index (χ0v) is 9.14. The summed E-state index contributed by atoms with van der Waals surface area (Å²) in [5, 5.41) is 8.44. The van der Waals surface area contributed by atoms with Crippen LogP contribution in [0.2, 0.25) is 0 Å². The van der Waals surface area contributed by atoms with Crippen molar-refractivity contribution in [2.24, 2.45) is 0 Å². The molecule has 2 rings (SSSR count). The van der Waals surface area contributed by atoms with E-state index in [0.29, 0.717) is 0 Å². The highest BCUT2D eigenvalue weighted by Gasteiger charge is 2.06. The Morgan fingerprint density at radius 2 is 2.08 bits per heavy atom. The van der Waals surface area contributed by atoms with E-state index in [-0.39, 0.29) is 0 Å². The molecule has 0 saturated heterocycles. The van der Waals surface area contributed by atoms with Crippen LogP contribution in [-0.4, -0.2) is 10.2 Å². The topological polar surface area (TPSA) is 28.7 Å². The maximum atomic E-state index is 4.19. The van der Waals surface area contributed by atoms with Gasteiger partial charge in [0, 0.05) is 14.7 Å². The summed E-state index contributed by atoms with van der Waals surface area (Å²) in [6.45, 7) is 4.17. The van der Waals surface area contributed by atoms with Gasteiger partial charge in [0.15, 0.2) is 0 Å². The fourth-order valence-corrected chi connectivity index (χ4v) is 2.18. The van der Waals surface area contributed by atoms with E-state index in [1.54, 1.807) is 0 Å². The van der Waals surface area contributed by atoms with Crippen molar-refractivity contribution < 1.29 is 0 Å². The number of aromatic nitrogens is 2.